The first-order valence-electron chi connectivity index (χ1n) is 8.85. The maximum Gasteiger partial charge on any atom is 0.280 e. The lowest BCUT2D eigenvalue weighted by Gasteiger charge is -2.09. The molecule has 0 spiro atoms. The minimum Gasteiger partial charge on any atom is -0.483 e. The van der Waals surface area contributed by atoms with Crippen LogP contribution in [-0.2, 0) is 4.79 Å². The van der Waals surface area contributed by atoms with Crippen LogP contribution in [0.1, 0.15) is 22.4 Å². The molecular weight excluding hydrogens is 356 g/mol. The molecule has 7 nitrogen and oxygen atoms in total. The Hall–Kier alpha value is -3.61. The molecule has 1 amide bonds. The first-order valence-corrected chi connectivity index (χ1v) is 8.85. The van der Waals surface area contributed by atoms with Crippen LogP contribution in [0.5, 0.6) is 5.75 Å². The van der Waals surface area contributed by atoms with Crippen LogP contribution < -0.4 is 15.7 Å². The highest BCUT2D eigenvalue weighted by Crippen LogP contribution is 2.20. The number of para-hydroxylation sites is 1. The second-order valence-electron chi connectivity index (χ2n) is 6.41. The largest absolute Gasteiger partial charge is 0.483 e. The van der Waals surface area contributed by atoms with Gasteiger partial charge in [-0.2, -0.15) is 5.10 Å². The molecule has 0 aliphatic carbocycles. The topological polar surface area (TPSA) is 88.5 Å². The van der Waals surface area contributed by atoms with Gasteiger partial charge in [0.15, 0.2) is 6.61 Å². The van der Waals surface area contributed by atoms with Crippen molar-refractivity contribution < 1.29 is 9.53 Å². The molecule has 0 saturated heterocycles. The molecule has 1 aromatic heterocycles. The van der Waals surface area contributed by atoms with Gasteiger partial charge in [0, 0.05) is 5.69 Å². The Morgan fingerprint density at radius 2 is 1.89 bits per heavy atom. The van der Waals surface area contributed by atoms with E-state index in [-0.39, 0.29) is 12.2 Å². The van der Waals surface area contributed by atoms with E-state index in [9.17, 15) is 9.59 Å². The molecule has 3 rings (SSSR count). The van der Waals surface area contributed by atoms with Crippen molar-refractivity contribution in [3.05, 3.63) is 81.3 Å². The average molecular weight is 378 g/mol. The maximum absolute atomic E-state index is 12.5. The Kier molecular flexibility index (Phi) is 5.74. The number of rotatable bonds is 6. The van der Waals surface area contributed by atoms with Crippen molar-refractivity contribution in [2.75, 3.05) is 6.61 Å². The normalized spacial score (nSPS) is 11.0. The van der Waals surface area contributed by atoms with E-state index in [2.05, 4.69) is 15.6 Å². The van der Waals surface area contributed by atoms with Gasteiger partial charge in [-0.25, -0.2) is 10.1 Å². The minimum absolute atomic E-state index is 0.165. The highest BCUT2D eigenvalue weighted by atomic mass is 16.5. The zero-order valence-corrected chi connectivity index (χ0v) is 16.0. The smallest absolute Gasteiger partial charge is 0.280 e. The highest BCUT2D eigenvalue weighted by Gasteiger charge is 2.11. The molecule has 7 heteroatoms. The van der Waals surface area contributed by atoms with Crippen LogP contribution in [0.15, 0.2) is 58.4 Å². The number of nitrogens with zero attached hydrogens (tertiary/aromatic N) is 2. The summed E-state index contributed by atoms with van der Waals surface area (Å²) in [7, 11) is 0. The Labute approximate surface area is 162 Å². The van der Waals surface area contributed by atoms with E-state index in [0.29, 0.717) is 17.0 Å². The van der Waals surface area contributed by atoms with Gasteiger partial charge >= 0.3 is 0 Å². The number of aryl methyl sites for hydroxylation is 2. The number of benzene rings is 2. The van der Waals surface area contributed by atoms with Gasteiger partial charge in [-0.05, 0) is 50.1 Å². The number of carbonyl (C=O) groups is 1. The molecule has 0 radical (unpaired) electrons. The summed E-state index contributed by atoms with van der Waals surface area (Å²) in [5.74, 6) is 0.250. The number of aromatic nitrogens is 2. The molecular formula is C21H22N4O3. The molecule has 0 saturated carbocycles. The predicted octanol–water partition coefficient (Wildman–Crippen LogP) is 2.62. The fraction of sp³-hybridized carbons (Fsp3) is 0.190. The number of amides is 1. The Morgan fingerprint density at radius 3 is 2.64 bits per heavy atom. The number of H-pyrrole nitrogens is 1. The average Bonchev–Trinajstić information content (AvgIpc) is 2.98. The molecule has 144 valence electrons. The van der Waals surface area contributed by atoms with Gasteiger partial charge in [0.05, 0.1) is 17.5 Å². The van der Waals surface area contributed by atoms with Crippen LogP contribution in [0, 0.1) is 20.8 Å². The van der Waals surface area contributed by atoms with Crippen molar-refractivity contribution in [2.24, 2.45) is 5.10 Å². The number of aromatic amines is 1. The molecule has 1 heterocycles. The van der Waals surface area contributed by atoms with Crippen LogP contribution in [0.2, 0.25) is 0 Å². The lowest BCUT2D eigenvalue weighted by atomic mass is 10.1. The van der Waals surface area contributed by atoms with Crippen LogP contribution >= 0.6 is 0 Å². The number of hydrogen-bond donors (Lipinski definition) is 2. The molecule has 0 unspecified atom stereocenters. The fourth-order valence-electron chi connectivity index (χ4n) is 2.70. The quantitative estimate of drug-likeness (QED) is 0.510. The Balaban J connectivity index is 1.63. The summed E-state index contributed by atoms with van der Waals surface area (Å²) in [6.07, 6.45) is 1.34. The van der Waals surface area contributed by atoms with Crippen LogP contribution in [0.25, 0.3) is 5.69 Å². The summed E-state index contributed by atoms with van der Waals surface area (Å²) in [6.45, 7) is 5.52. The van der Waals surface area contributed by atoms with Crippen molar-refractivity contribution in [1.29, 1.82) is 0 Å². The number of hydrogen-bond acceptors (Lipinski definition) is 4. The fourth-order valence-corrected chi connectivity index (χ4v) is 2.70. The maximum atomic E-state index is 12.5. The Bertz CT molecular complexity index is 1060. The molecule has 0 bridgehead atoms. The van der Waals surface area contributed by atoms with Gasteiger partial charge in [0.25, 0.3) is 11.5 Å². The third kappa shape index (κ3) is 4.20. The van der Waals surface area contributed by atoms with Crippen molar-refractivity contribution >= 4 is 12.1 Å². The van der Waals surface area contributed by atoms with Crippen molar-refractivity contribution in [2.45, 2.75) is 20.8 Å². The third-order valence-electron chi connectivity index (χ3n) is 4.43. The summed E-state index contributed by atoms with van der Waals surface area (Å²) >= 11 is 0. The lowest BCUT2D eigenvalue weighted by Crippen LogP contribution is -2.25. The summed E-state index contributed by atoms with van der Waals surface area (Å²) in [5, 5.41) is 6.89. The van der Waals surface area contributed by atoms with Gasteiger partial charge in [-0.3, -0.25) is 14.7 Å². The standard InChI is InChI=1S/C21H22N4O3/c1-14-8-7-11-19(15(14)2)28-13-20(26)23-22-12-18-16(3)24-25(21(18)27)17-9-5-4-6-10-17/h4-12,24H,13H2,1-3H3,(H,23,26). The number of hydrazone groups is 1. The van der Waals surface area contributed by atoms with Gasteiger partial charge in [0.2, 0.25) is 0 Å². The third-order valence-corrected chi connectivity index (χ3v) is 4.43. The van der Waals surface area contributed by atoms with E-state index in [4.69, 9.17) is 4.74 Å². The Morgan fingerprint density at radius 1 is 1.14 bits per heavy atom. The van der Waals surface area contributed by atoms with E-state index in [1.54, 1.807) is 6.92 Å². The molecule has 3 aromatic rings. The van der Waals surface area contributed by atoms with E-state index >= 15 is 0 Å². The summed E-state index contributed by atoms with van der Waals surface area (Å²) in [4.78, 5) is 24.5. The summed E-state index contributed by atoms with van der Waals surface area (Å²) < 4.78 is 6.97. The molecule has 2 aromatic carbocycles. The van der Waals surface area contributed by atoms with E-state index in [0.717, 1.165) is 16.8 Å². The van der Waals surface area contributed by atoms with Crippen LogP contribution in [-0.4, -0.2) is 28.5 Å². The van der Waals surface area contributed by atoms with Crippen molar-refractivity contribution in [3.63, 3.8) is 0 Å². The summed E-state index contributed by atoms with van der Waals surface area (Å²) in [5.41, 5.74) is 5.97. The predicted molar refractivity (Wildman–Crippen MR) is 108 cm³/mol. The van der Waals surface area contributed by atoms with Gasteiger partial charge in [-0.15, -0.1) is 0 Å². The van der Waals surface area contributed by atoms with E-state index in [1.807, 2.05) is 62.4 Å². The monoisotopic (exact) mass is 378 g/mol. The number of nitrogens with one attached hydrogen (secondary N) is 2. The molecule has 0 aliphatic rings. The number of carbonyl (C=O) groups excluding carboxylic acids is 1. The van der Waals surface area contributed by atoms with Crippen LogP contribution in [0.3, 0.4) is 0 Å². The summed E-state index contributed by atoms with van der Waals surface area (Å²) in [6, 6.07) is 14.9. The number of ether oxygens (including phenoxy) is 1. The second-order valence-corrected chi connectivity index (χ2v) is 6.41. The first kappa shape index (κ1) is 19.2. The molecule has 0 atom stereocenters. The molecule has 2 N–H and O–H groups in total. The van der Waals surface area contributed by atoms with Crippen molar-refractivity contribution in [3.8, 4) is 11.4 Å². The highest BCUT2D eigenvalue weighted by molar-refractivity contribution is 5.83. The molecule has 0 fully saturated rings. The minimum atomic E-state index is -0.409. The molecule has 28 heavy (non-hydrogen) atoms. The van der Waals surface area contributed by atoms with Gasteiger partial charge in [0.1, 0.15) is 5.75 Å². The molecule has 0 aliphatic heterocycles. The first-order chi connectivity index (χ1) is 13.5. The zero-order valence-electron chi connectivity index (χ0n) is 16.0. The SMILES string of the molecule is Cc1cccc(OCC(=O)NN=Cc2c(C)[nH]n(-c3ccccc3)c2=O)c1C. The van der Waals surface area contributed by atoms with E-state index < -0.39 is 5.91 Å². The van der Waals surface area contributed by atoms with Crippen molar-refractivity contribution in [1.82, 2.24) is 15.2 Å². The lowest BCUT2D eigenvalue weighted by molar-refractivity contribution is -0.123. The van der Waals surface area contributed by atoms with Gasteiger partial charge < -0.3 is 4.74 Å². The van der Waals surface area contributed by atoms with E-state index in [1.165, 1.54) is 10.9 Å². The second kappa shape index (κ2) is 8.39. The van der Waals surface area contributed by atoms with Crippen LogP contribution in [0.4, 0.5) is 0 Å². The zero-order chi connectivity index (χ0) is 20.1. The van der Waals surface area contributed by atoms with Gasteiger partial charge in [-0.1, -0.05) is 30.3 Å².